The molecule has 7 nitrogen and oxygen atoms in total. The molecule has 0 radical (unpaired) electrons. The molecule has 1 aliphatic carbocycles. The lowest BCUT2D eigenvalue weighted by Crippen LogP contribution is -2.25. The third-order valence-corrected chi connectivity index (χ3v) is 6.13. The van der Waals surface area contributed by atoms with Gasteiger partial charge in [-0.1, -0.05) is 0 Å². The Labute approximate surface area is 176 Å². The van der Waals surface area contributed by atoms with E-state index < -0.39 is 0 Å². The second-order valence-electron chi connectivity index (χ2n) is 9.63. The summed E-state index contributed by atoms with van der Waals surface area (Å²) < 4.78 is 10.7. The number of aromatic nitrogens is 4. The van der Waals surface area contributed by atoms with Gasteiger partial charge in [0, 0.05) is 36.7 Å². The number of nitrogens with zero attached hydrogens (tertiary/aromatic N) is 4. The predicted molar refractivity (Wildman–Crippen MR) is 115 cm³/mol. The molecule has 0 bridgehead atoms. The first-order valence-corrected chi connectivity index (χ1v) is 10.8. The van der Waals surface area contributed by atoms with Crippen LogP contribution in [0.5, 0.6) is 5.75 Å². The minimum atomic E-state index is -0.0776. The second-order valence-corrected chi connectivity index (χ2v) is 9.63. The van der Waals surface area contributed by atoms with Gasteiger partial charge in [-0.3, -0.25) is 9.48 Å². The van der Waals surface area contributed by atoms with E-state index in [2.05, 4.69) is 54.7 Å². The molecule has 5 rings (SSSR count). The minimum Gasteiger partial charge on any atom is -0.488 e. The molecule has 30 heavy (non-hydrogen) atoms. The first-order valence-electron chi connectivity index (χ1n) is 10.8. The maximum atomic E-state index is 11.7. The molecule has 3 heterocycles. The Morgan fingerprint density at radius 1 is 1.27 bits per heavy atom. The fourth-order valence-electron chi connectivity index (χ4n) is 4.11. The highest BCUT2D eigenvalue weighted by molar-refractivity contribution is 5.87. The zero-order valence-corrected chi connectivity index (χ0v) is 18.1. The molecular weight excluding hydrogens is 378 g/mol. The predicted octanol–water partition coefficient (Wildman–Crippen LogP) is 3.89. The SMILES string of the molecule is C[C@@H](Oc1cc(-c2ccn(C(C)(C)C)n2)cc2ncn(C3CC3)c12)C1CNC(=O)C1. The quantitative estimate of drug-likeness (QED) is 0.696. The molecular formula is C23H29N5O2. The van der Waals surface area contributed by atoms with Crippen molar-refractivity contribution in [1.82, 2.24) is 24.6 Å². The van der Waals surface area contributed by atoms with Crippen LogP contribution in [0, 0.1) is 5.92 Å². The van der Waals surface area contributed by atoms with Crippen LogP contribution in [-0.4, -0.2) is 37.9 Å². The van der Waals surface area contributed by atoms with Gasteiger partial charge in [-0.25, -0.2) is 4.98 Å². The molecule has 1 saturated carbocycles. The monoisotopic (exact) mass is 407 g/mol. The number of hydrogen-bond donors (Lipinski definition) is 1. The van der Waals surface area contributed by atoms with Crippen molar-refractivity contribution in [3.8, 4) is 17.0 Å². The third-order valence-electron chi connectivity index (χ3n) is 6.13. The van der Waals surface area contributed by atoms with Gasteiger partial charge in [0.15, 0.2) is 0 Å². The molecule has 2 atom stereocenters. The van der Waals surface area contributed by atoms with Crippen LogP contribution in [0.1, 0.15) is 53.0 Å². The van der Waals surface area contributed by atoms with E-state index in [0.29, 0.717) is 19.0 Å². The molecule has 0 spiro atoms. The summed E-state index contributed by atoms with van der Waals surface area (Å²) in [7, 11) is 0. The number of carbonyl (C=O) groups is 1. The zero-order chi connectivity index (χ0) is 21.0. The van der Waals surface area contributed by atoms with Gasteiger partial charge in [0.1, 0.15) is 17.4 Å². The molecule has 2 aliphatic rings. The summed E-state index contributed by atoms with van der Waals surface area (Å²) in [5.74, 6) is 1.10. The first kappa shape index (κ1) is 19.2. The number of imidazole rings is 1. The highest BCUT2D eigenvalue weighted by Gasteiger charge is 2.30. The normalized spacial score (nSPS) is 20.5. The van der Waals surface area contributed by atoms with Gasteiger partial charge in [0.05, 0.1) is 23.1 Å². The Morgan fingerprint density at radius 2 is 2.07 bits per heavy atom. The maximum absolute atomic E-state index is 11.7. The van der Waals surface area contributed by atoms with Crippen LogP contribution in [-0.2, 0) is 10.3 Å². The van der Waals surface area contributed by atoms with Gasteiger partial charge in [0.25, 0.3) is 0 Å². The van der Waals surface area contributed by atoms with Gasteiger partial charge < -0.3 is 14.6 Å². The molecule has 7 heteroatoms. The Bertz CT molecular complexity index is 1100. The smallest absolute Gasteiger partial charge is 0.220 e. The molecule has 2 aromatic heterocycles. The Balaban J connectivity index is 1.55. The lowest BCUT2D eigenvalue weighted by molar-refractivity contribution is -0.119. The Hall–Kier alpha value is -2.83. The minimum absolute atomic E-state index is 0.0721. The number of carbonyl (C=O) groups excluding carboxylic acids is 1. The van der Waals surface area contributed by atoms with Crippen LogP contribution in [0.15, 0.2) is 30.7 Å². The molecule has 1 saturated heterocycles. The number of benzene rings is 1. The molecule has 1 unspecified atom stereocenters. The molecule has 1 amide bonds. The summed E-state index contributed by atoms with van der Waals surface area (Å²) in [4.78, 5) is 16.3. The number of hydrogen-bond acceptors (Lipinski definition) is 4. The number of fused-ring (bicyclic) bond motifs is 1. The molecule has 158 valence electrons. The van der Waals surface area contributed by atoms with E-state index >= 15 is 0 Å². The van der Waals surface area contributed by atoms with Crippen LogP contribution in [0.25, 0.3) is 22.3 Å². The van der Waals surface area contributed by atoms with E-state index in [1.807, 2.05) is 23.3 Å². The number of amides is 1. The summed E-state index contributed by atoms with van der Waals surface area (Å²) in [6.07, 6.45) is 6.75. The van der Waals surface area contributed by atoms with Crippen molar-refractivity contribution in [3.63, 3.8) is 0 Å². The van der Waals surface area contributed by atoms with E-state index in [-0.39, 0.29) is 23.5 Å². The van der Waals surface area contributed by atoms with Crippen molar-refractivity contribution in [1.29, 1.82) is 0 Å². The average Bonchev–Trinajstić information content (AvgIpc) is 3.10. The van der Waals surface area contributed by atoms with Crippen molar-refractivity contribution in [2.75, 3.05) is 6.54 Å². The maximum Gasteiger partial charge on any atom is 0.220 e. The van der Waals surface area contributed by atoms with Crippen LogP contribution >= 0.6 is 0 Å². The highest BCUT2D eigenvalue weighted by Crippen LogP contribution is 2.41. The summed E-state index contributed by atoms with van der Waals surface area (Å²) in [6, 6.07) is 6.73. The highest BCUT2D eigenvalue weighted by atomic mass is 16.5. The van der Waals surface area contributed by atoms with Crippen molar-refractivity contribution >= 4 is 16.9 Å². The van der Waals surface area contributed by atoms with Gasteiger partial charge in [-0.15, -0.1) is 0 Å². The van der Waals surface area contributed by atoms with Crippen molar-refractivity contribution < 1.29 is 9.53 Å². The van der Waals surface area contributed by atoms with Crippen LogP contribution in [0.3, 0.4) is 0 Å². The average molecular weight is 408 g/mol. The third kappa shape index (κ3) is 3.46. The van der Waals surface area contributed by atoms with E-state index in [1.54, 1.807) is 0 Å². The van der Waals surface area contributed by atoms with Crippen LogP contribution in [0.2, 0.25) is 0 Å². The molecule has 3 aromatic rings. The lowest BCUT2D eigenvalue weighted by atomic mass is 10.0. The lowest BCUT2D eigenvalue weighted by Gasteiger charge is -2.21. The molecule has 1 aromatic carbocycles. The molecule has 1 aliphatic heterocycles. The summed E-state index contributed by atoms with van der Waals surface area (Å²) in [5.41, 5.74) is 3.79. The zero-order valence-electron chi connectivity index (χ0n) is 18.1. The van der Waals surface area contributed by atoms with Gasteiger partial charge in [-0.2, -0.15) is 5.10 Å². The second kappa shape index (κ2) is 6.86. The van der Waals surface area contributed by atoms with E-state index in [0.717, 1.165) is 28.0 Å². The van der Waals surface area contributed by atoms with Gasteiger partial charge >= 0.3 is 0 Å². The van der Waals surface area contributed by atoms with E-state index in [9.17, 15) is 4.79 Å². The van der Waals surface area contributed by atoms with Crippen molar-refractivity contribution in [2.24, 2.45) is 5.92 Å². The Kier molecular flexibility index (Phi) is 4.38. The van der Waals surface area contributed by atoms with Crippen molar-refractivity contribution in [2.45, 2.75) is 64.6 Å². The molecule has 2 fully saturated rings. The molecule has 1 N–H and O–H groups in total. The number of rotatable bonds is 5. The van der Waals surface area contributed by atoms with Crippen LogP contribution < -0.4 is 10.1 Å². The largest absolute Gasteiger partial charge is 0.488 e. The van der Waals surface area contributed by atoms with E-state index in [4.69, 9.17) is 9.84 Å². The van der Waals surface area contributed by atoms with Crippen molar-refractivity contribution in [3.05, 3.63) is 30.7 Å². The van der Waals surface area contributed by atoms with Gasteiger partial charge in [-0.05, 0) is 58.7 Å². The van der Waals surface area contributed by atoms with E-state index in [1.165, 1.54) is 12.8 Å². The number of nitrogens with one attached hydrogen (secondary N) is 1. The van der Waals surface area contributed by atoms with Crippen LogP contribution in [0.4, 0.5) is 0 Å². The summed E-state index contributed by atoms with van der Waals surface area (Å²) in [5, 5.41) is 7.71. The topological polar surface area (TPSA) is 74.0 Å². The number of ether oxygens (including phenoxy) is 1. The van der Waals surface area contributed by atoms with Gasteiger partial charge in [0.2, 0.25) is 5.91 Å². The summed E-state index contributed by atoms with van der Waals surface area (Å²) in [6.45, 7) is 9.13. The fraction of sp³-hybridized carbons (Fsp3) is 0.522. The first-order chi connectivity index (χ1) is 14.3. The Morgan fingerprint density at radius 3 is 2.70 bits per heavy atom. The standard InChI is InChI=1S/C23H29N5O2/c1-14(16-11-21(29)24-12-16)30-20-10-15(18-7-8-28(26-18)23(2,3)4)9-19-22(20)27(13-25-19)17-5-6-17/h7-10,13-14,16-17H,5-6,11-12H2,1-4H3,(H,24,29)/t14-,16?/m1/s1. The summed E-state index contributed by atoms with van der Waals surface area (Å²) >= 11 is 0. The fourth-order valence-corrected chi connectivity index (χ4v) is 4.11.